The Balaban J connectivity index is 0.000000279. The number of thiazole rings is 1. The molecule has 5 fully saturated rings. The van der Waals surface area contributed by atoms with Crippen LogP contribution < -0.4 is 14.2 Å². The third-order valence-corrected chi connectivity index (χ3v) is 30.7. The van der Waals surface area contributed by atoms with Gasteiger partial charge in [0.2, 0.25) is 0 Å². The second kappa shape index (κ2) is 63.0. The molecule has 4 aliphatic heterocycles. The number of halogens is 3. The van der Waals surface area contributed by atoms with E-state index in [2.05, 4.69) is 347 Å². The summed E-state index contributed by atoms with van der Waals surface area (Å²) in [5.41, 5.74) is 9.89. The summed E-state index contributed by atoms with van der Waals surface area (Å²) in [5.74, 6) is 13.4. The number of piperazine rings is 1. The van der Waals surface area contributed by atoms with Gasteiger partial charge in [-0.3, -0.25) is 24.5 Å². The summed E-state index contributed by atoms with van der Waals surface area (Å²) in [7, 11) is 13.6. The van der Waals surface area contributed by atoms with Gasteiger partial charge >= 0.3 is 0 Å². The third kappa shape index (κ3) is 42.6. The molecule has 0 bridgehead atoms. The molecule has 0 spiro atoms. The summed E-state index contributed by atoms with van der Waals surface area (Å²) in [6.45, 7) is 81.1. The van der Waals surface area contributed by atoms with Crippen molar-refractivity contribution in [3.8, 4) is 17.2 Å². The summed E-state index contributed by atoms with van der Waals surface area (Å²) in [6.07, 6.45) is 19.9. The standard InChI is InChI=1S/C17H27NO.C16H25ClN2.C15H20N2.C14H22O2.C13H23NS.C12H14Cl2.C12H25NO.C11H23NO.C11H19NO/c1-14(2)13-16(18-11-7-4-8-12-18)15-9-5-6-10-17(15)19-3;1-13(2)12-16(14-6-4-5-7-15(14)17)19-10-8-18(3)9-11-19;1-11(2)14(15-16-9-10-17(15)4)13-7-5-12(3)6-8-13;1-10(2)14(3,4)11-7-8-12(15-5)13(9-11)16-6;1-8(2)7-12(9(3)4)13-14-10(5)11(6)15-13;1-8(2)12(5-6-12)10-4-3-9(13)7-11(10)14;1-10(2)7-12-9-13(5-6-14-12)8-11(3)4;1-10(2)9-11(3,4)12-5-7-13-8-6-12;1-9(2)8-10(12(3)4)11-6-5-7-13-11/h5-6,9-10,14,16H,4,7-8,11-13H2,1-3H3;4-7,13,16H,8-12H2,1-3H3;5-11,14H,1-4H3;7-10H,1-6H3;8-9,12H,7H2,1-6H3;3-4,7-8H,5-6H2,1-2H3;10-12H,5-9H2,1-4H3;10H,5-9H2,1-4H3;5-7,9-10H,8H2,1-4H3. The molecule has 19 heteroatoms. The number of piperidine rings is 1. The summed E-state index contributed by atoms with van der Waals surface area (Å²) in [4.78, 5) is 25.5. The molecule has 5 aliphatic rings. The molecule has 1 saturated carbocycles. The zero-order chi connectivity index (χ0) is 104. The Hall–Kier alpha value is -5.83. The van der Waals surface area contributed by atoms with Gasteiger partial charge in [-0.1, -0.05) is 286 Å². The van der Waals surface area contributed by atoms with E-state index in [-0.39, 0.29) is 5.41 Å². The lowest BCUT2D eigenvalue weighted by Crippen LogP contribution is -2.50. The Kier molecular flexibility index (Phi) is 56.1. The van der Waals surface area contributed by atoms with Crippen LogP contribution in [0.3, 0.4) is 0 Å². The molecule has 7 heterocycles. The van der Waals surface area contributed by atoms with Gasteiger partial charge in [0, 0.05) is 133 Å². The predicted molar refractivity (Wildman–Crippen MR) is 604 cm³/mol. The number of likely N-dealkylation sites (N-methyl/N-ethyl adjacent to an activating group) is 1. The molecule has 8 aromatic rings. The quantitative estimate of drug-likeness (QED) is 0.0389. The Morgan fingerprint density at radius 2 is 1.11 bits per heavy atom. The van der Waals surface area contributed by atoms with Crippen LogP contribution in [0.2, 0.25) is 15.1 Å². The number of ether oxygens (including phenoxy) is 5. The van der Waals surface area contributed by atoms with Crippen LogP contribution in [0.15, 0.2) is 144 Å². The van der Waals surface area contributed by atoms with Gasteiger partial charge in [-0.2, -0.15) is 0 Å². The molecule has 6 unspecified atom stereocenters. The zero-order valence-electron chi connectivity index (χ0n) is 94.8. The van der Waals surface area contributed by atoms with Crippen molar-refractivity contribution >= 4 is 46.1 Å². The number of hydrogen-bond acceptors (Lipinski definition) is 15. The van der Waals surface area contributed by atoms with E-state index in [4.69, 9.17) is 67.9 Å². The fourth-order valence-corrected chi connectivity index (χ4v) is 21.8. The van der Waals surface area contributed by atoms with E-state index < -0.39 is 0 Å². The number of benzene rings is 5. The van der Waals surface area contributed by atoms with Crippen LogP contribution >= 0.6 is 46.1 Å². The van der Waals surface area contributed by atoms with Crippen molar-refractivity contribution in [3.63, 3.8) is 0 Å². The van der Waals surface area contributed by atoms with Gasteiger partial charge in [0.05, 0.1) is 70.3 Å². The van der Waals surface area contributed by atoms with Crippen molar-refractivity contribution in [2.75, 3.05) is 134 Å². The lowest BCUT2D eigenvalue weighted by atomic mass is 9.75. The highest BCUT2D eigenvalue weighted by Gasteiger charge is 2.48. The number of aryl methyl sites for hydroxylation is 4. The topological polar surface area (TPSA) is 109 Å². The van der Waals surface area contributed by atoms with Crippen molar-refractivity contribution in [3.05, 3.63) is 216 Å². The molecule has 13 rings (SSSR count). The number of para-hydroxylation sites is 1. The van der Waals surface area contributed by atoms with E-state index in [1.165, 1.54) is 133 Å². The molecule has 0 N–H and O–H groups in total. The molecule has 15 nitrogen and oxygen atoms in total. The Bertz CT molecular complexity index is 4590. The van der Waals surface area contributed by atoms with Crippen molar-refractivity contribution in [1.82, 2.24) is 43.9 Å². The Morgan fingerprint density at radius 1 is 0.543 bits per heavy atom. The summed E-state index contributed by atoms with van der Waals surface area (Å²) < 4.78 is 34.8. The number of imidazole rings is 1. The highest BCUT2D eigenvalue weighted by molar-refractivity contribution is 7.11. The predicted octanol–water partition coefficient (Wildman–Crippen LogP) is 31.8. The maximum atomic E-state index is 6.41. The lowest BCUT2D eigenvalue weighted by Gasteiger charge is -2.41. The van der Waals surface area contributed by atoms with Gasteiger partial charge in [-0.05, 0) is 280 Å². The first-order chi connectivity index (χ1) is 66.0. The van der Waals surface area contributed by atoms with E-state index in [0.29, 0.717) is 88.4 Å². The summed E-state index contributed by atoms with van der Waals surface area (Å²) in [6, 6.07) is 43.0. The van der Waals surface area contributed by atoms with Crippen molar-refractivity contribution < 1.29 is 28.1 Å². The van der Waals surface area contributed by atoms with Crippen LogP contribution in [0.4, 0.5) is 0 Å². The minimum atomic E-state index is 0.138. The number of morpholine rings is 2. The van der Waals surface area contributed by atoms with E-state index in [1.54, 1.807) is 27.6 Å². The van der Waals surface area contributed by atoms with Crippen LogP contribution in [0, 0.1) is 85.9 Å². The monoisotopic (exact) mass is 2010 g/mol. The second-order valence-electron chi connectivity index (χ2n) is 46.0. The lowest BCUT2D eigenvalue weighted by molar-refractivity contribution is -0.0401. The number of likely N-dealkylation sites (tertiary alicyclic amines) is 1. The molecule has 6 atom stereocenters. The van der Waals surface area contributed by atoms with Crippen LogP contribution in [0.5, 0.6) is 17.2 Å². The van der Waals surface area contributed by atoms with E-state index in [0.717, 1.165) is 146 Å². The molecule has 5 aromatic carbocycles. The maximum absolute atomic E-state index is 6.41. The first kappa shape index (κ1) is 125. The van der Waals surface area contributed by atoms with E-state index in [9.17, 15) is 0 Å². The molecular weight excluding hydrogens is 1810 g/mol. The molecule has 4 saturated heterocycles. The second-order valence-corrected chi connectivity index (χ2v) is 48.5. The first-order valence-corrected chi connectivity index (χ1v) is 55.5. The van der Waals surface area contributed by atoms with Gasteiger partial charge in [0.15, 0.2) is 11.5 Å². The van der Waals surface area contributed by atoms with Gasteiger partial charge in [-0.15, -0.1) is 11.3 Å². The SMILES string of the molecule is CC(C)C1(c2ccc(Cl)cc2Cl)CC1.CC(C)CC(C)(C)N1CCOCC1.CC(C)CC(c1ccccc1Cl)N1CCN(C)CC1.CC(C)CC(c1ccco1)N(C)C.CC(C)CC1CN(CC(C)C)CCO1.COc1ccc(C(C)(C)C(C)C)cc1OC.COc1ccccc1C(CC(C)C)N1CCCCC1.Cc1ccc(C(c2nccn2C)C(C)C)cc1.Cc1nc(C(CC(C)C)C(C)C)sc1C. The molecule has 3 aromatic heterocycles. The summed E-state index contributed by atoms with van der Waals surface area (Å²) >= 11 is 20.4. The molecule has 790 valence electrons. The number of aromatic nitrogens is 3. The first-order valence-electron chi connectivity index (χ1n) is 53.6. The molecule has 1 aliphatic carbocycles. The van der Waals surface area contributed by atoms with Crippen LogP contribution in [-0.2, 0) is 27.4 Å². The fraction of sp³-hybridized carbons (Fsp3) is 0.669. The number of furan rings is 1. The van der Waals surface area contributed by atoms with Crippen molar-refractivity contribution in [2.45, 2.75) is 324 Å². The third-order valence-electron chi connectivity index (χ3n) is 28.6. The molecular formula is C121H198Cl3N9O6S. The zero-order valence-corrected chi connectivity index (χ0v) is 97.9. The highest BCUT2D eigenvalue weighted by Crippen LogP contribution is 2.56. The van der Waals surface area contributed by atoms with E-state index >= 15 is 0 Å². The number of nitrogens with zero attached hydrogens (tertiary/aromatic N) is 9. The largest absolute Gasteiger partial charge is 0.496 e. The number of hydrogen-bond donors (Lipinski definition) is 0. The minimum Gasteiger partial charge on any atom is -0.496 e. The van der Waals surface area contributed by atoms with Gasteiger partial charge in [0.25, 0.3) is 0 Å². The Labute approximate surface area is 875 Å². The van der Waals surface area contributed by atoms with Gasteiger partial charge < -0.3 is 37.6 Å². The highest BCUT2D eigenvalue weighted by atomic mass is 35.5. The smallest absolute Gasteiger partial charge is 0.161 e. The van der Waals surface area contributed by atoms with Crippen LogP contribution in [-0.4, -0.2) is 190 Å². The number of rotatable bonds is 33. The average Bonchev–Trinajstić information content (AvgIpc) is 1.60. The fourth-order valence-electron chi connectivity index (χ4n) is 19.7. The van der Waals surface area contributed by atoms with Gasteiger partial charge in [0.1, 0.15) is 17.3 Å². The summed E-state index contributed by atoms with van der Waals surface area (Å²) in [5, 5.41) is 3.79. The van der Waals surface area contributed by atoms with Crippen molar-refractivity contribution in [1.29, 1.82) is 0 Å². The van der Waals surface area contributed by atoms with Crippen LogP contribution in [0.25, 0.3) is 0 Å². The molecule has 0 amide bonds. The number of methoxy groups -OCH3 is 3. The normalized spacial score (nSPS) is 17.2. The average molecular weight is 2010 g/mol. The molecule has 0 radical (unpaired) electrons. The minimum absolute atomic E-state index is 0.138. The van der Waals surface area contributed by atoms with E-state index in [1.807, 2.05) is 66.2 Å². The maximum Gasteiger partial charge on any atom is 0.161 e. The van der Waals surface area contributed by atoms with Crippen molar-refractivity contribution in [2.24, 2.45) is 72.1 Å². The molecule has 140 heavy (non-hydrogen) atoms. The van der Waals surface area contributed by atoms with Crippen LogP contribution in [0.1, 0.15) is 341 Å². The van der Waals surface area contributed by atoms with Gasteiger partial charge in [-0.25, -0.2) is 9.97 Å². The Morgan fingerprint density at radius 3 is 1.59 bits per heavy atom.